The third kappa shape index (κ3) is 2.85. The van der Waals surface area contributed by atoms with Crippen LogP contribution in [0.15, 0.2) is 18.2 Å². The molecule has 1 aliphatic carbocycles. The van der Waals surface area contributed by atoms with Crippen molar-refractivity contribution in [2.24, 2.45) is 0 Å². The number of amides is 1. The number of anilines is 1. The summed E-state index contributed by atoms with van der Waals surface area (Å²) >= 11 is 0. The van der Waals surface area contributed by atoms with Crippen LogP contribution in [0.1, 0.15) is 37.2 Å². The van der Waals surface area contributed by atoms with Crippen LogP contribution in [0, 0.1) is 0 Å². The monoisotopic (exact) mass is 250 g/mol. The van der Waals surface area contributed by atoms with Gasteiger partial charge < -0.3 is 21.3 Å². The summed E-state index contributed by atoms with van der Waals surface area (Å²) < 4.78 is 0. The zero-order valence-corrected chi connectivity index (χ0v) is 10.1. The van der Waals surface area contributed by atoms with E-state index in [0.29, 0.717) is 11.6 Å². The Hall–Kier alpha value is -1.91. The smallest absolute Gasteiger partial charge is 0.404 e. The minimum atomic E-state index is -0.963. The Kier molecular flexibility index (Phi) is 3.60. The maximum Gasteiger partial charge on any atom is 0.404 e. The van der Waals surface area contributed by atoms with E-state index in [4.69, 9.17) is 10.8 Å². The van der Waals surface area contributed by atoms with Crippen LogP contribution in [0.5, 0.6) is 5.75 Å². The molecule has 2 rings (SSSR count). The molecule has 0 radical (unpaired) electrons. The quantitative estimate of drug-likeness (QED) is 0.478. The van der Waals surface area contributed by atoms with Gasteiger partial charge >= 0.3 is 6.09 Å². The highest BCUT2D eigenvalue weighted by Gasteiger charge is 2.24. The van der Waals surface area contributed by atoms with E-state index >= 15 is 0 Å². The van der Waals surface area contributed by atoms with Crippen LogP contribution in [0.25, 0.3) is 0 Å². The van der Waals surface area contributed by atoms with Gasteiger partial charge in [-0.1, -0.05) is 0 Å². The average molecular weight is 250 g/mol. The Balaban J connectivity index is 2.01. The van der Waals surface area contributed by atoms with E-state index < -0.39 is 6.09 Å². The predicted octanol–water partition coefficient (Wildman–Crippen LogP) is 2.27. The Bertz CT molecular complexity index is 440. The second kappa shape index (κ2) is 5.16. The highest BCUT2D eigenvalue weighted by molar-refractivity contribution is 5.64. The number of carbonyl (C=O) groups is 1. The molecule has 0 aromatic heterocycles. The summed E-state index contributed by atoms with van der Waals surface area (Å²) in [6, 6.07) is 5.05. The first kappa shape index (κ1) is 12.5. The largest absolute Gasteiger partial charge is 0.508 e. The molecule has 1 saturated carbocycles. The van der Waals surface area contributed by atoms with E-state index in [1.54, 1.807) is 18.2 Å². The fourth-order valence-electron chi connectivity index (χ4n) is 2.64. The van der Waals surface area contributed by atoms with Crippen molar-refractivity contribution in [2.45, 2.75) is 37.6 Å². The molecule has 1 aliphatic rings. The number of nitrogen functional groups attached to an aromatic ring is 1. The molecule has 5 N–H and O–H groups in total. The lowest BCUT2D eigenvalue weighted by atomic mass is 9.81. The molecule has 0 heterocycles. The molecular formula is C13H18N2O3. The molecule has 1 amide bonds. The lowest BCUT2D eigenvalue weighted by Gasteiger charge is -2.29. The third-order valence-corrected chi connectivity index (χ3v) is 3.56. The Morgan fingerprint density at radius 3 is 2.56 bits per heavy atom. The molecule has 0 atom stereocenters. The van der Waals surface area contributed by atoms with Crippen molar-refractivity contribution in [1.82, 2.24) is 5.32 Å². The van der Waals surface area contributed by atoms with Crippen LogP contribution in [0.3, 0.4) is 0 Å². The van der Waals surface area contributed by atoms with Crippen molar-refractivity contribution in [3.63, 3.8) is 0 Å². The number of carboxylic acid groups (broad SMARTS) is 1. The molecule has 5 heteroatoms. The van der Waals surface area contributed by atoms with Gasteiger partial charge in [0.15, 0.2) is 0 Å². The van der Waals surface area contributed by atoms with Gasteiger partial charge in [0.25, 0.3) is 0 Å². The zero-order valence-electron chi connectivity index (χ0n) is 10.1. The highest BCUT2D eigenvalue weighted by atomic mass is 16.4. The first-order valence-electron chi connectivity index (χ1n) is 6.14. The van der Waals surface area contributed by atoms with Crippen molar-refractivity contribution >= 4 is 11.8 Å². The van der Waals surface area contributed by atoms with Crippen LogP contribution in [0.2, 0.25) is 0 Å². The first-order chi connectivity index (χ1) is 8.56. The van der Waals surface area contributed by atoms with E-state index in [1.807, 2.05) is 0 Å². The van der Waals surface area contributed by atoms with Crippen LogP contribution in [-0.4, -0.2) is 22.3 Å². The Morgan fingerprint density at radius 2 is 1.94 bits per heavy atom. The van der Waals surface area contributed by atoms with Crippen molar-refractivity contribution < 1.29 is 15.0 Å². The number of nitrogens with two attached hydrogens (primary N) is 1. The van der Waals surface area contributed by atoms with Crippen molar-refractivity contribution in [3.8, 4) is 5.75 Å². The van der Waals surface area contributed by atoms with Crippen molar-refractivity contribution in [1.29, 1.82) is 0 Å². The SMILES string of the molecule is Nc1ccc(O)cc1C1CCC(NC(=O)O)CC1. The van der Waals surface area contributed by atoms with Crippen molar-refractivity contribution in [2.75, 3.05) is 5.73 Å². The second-order valence-corrected chi connectivity index (χ2v) is 4.81. The number of benzene rings is 1. The molecule has 0 spiro atoms. The number of nitrogens with one attached hydrogen (secondary N) is 1. The number of hydrogen-bond donors (Lipinski definition) is 4. The van der Waals surface area contributed by atoms with Crippen LogP contribution in [0.4, 0.5) is 10.5 Å². The van der Waals surface area contributed by atoms with Gasteiger partial charge in [-0.15, -0.1) is 0 Å². The summed E-state index contributed by atoms with van der Waals surface area (Å²) in [6.45, 7) is 0. The van der Waals surface area contributed by atoms with Gasteiger partial charge in [0.1, 0.15) is 5.75 Å². The van der Waals surface area contributed by atoms with E-state index in [1.165, 1.54) is 0 Å². The van der Waals surface area contributed by atoms with Gasteiger partial charge in [-0.25, -0.2) is 4.79 Å². The molecule has 0 bridgehead atoms. The zero-order chi connectivity index (χ0) is 13.1. The topological polar surface area (TPSA) is 95.6 Å². The van der Waals surface area contributed by atoms with E-state index in [9.17, 15) is 9.90 Å². The van der Waals surface area contributed by atoms with Gasteiger partial charge in [-0.05, 0) is 55.4 Å². The molecular weight excluding hydrogens is 232 g/mol. The minimum absolute atomic E-state index is 0.0392. The normalized spacial score (nSPS) is 23.6. The van der Waals surface area contributed by atoms with Gasteiger partial charge in [-0.2, -0.15) is 0 Å². The van der Waals surface area contributed by atoms with Crippen molar-refractivity contribution in [3.05, 3.63) is 23.8 Å². The molecule has 5 nitrogen and oxygen atoms in total. The maximum atomic E-state index is 10.6. The van der Waals surface area contributed by atoms with E-state index in [0.717, 1.165) is 31.2 Å². The Labute approximate surface area is 106 Å². The molecule has 0 saturated heterocycles. The molecule has 0 aliphatic heterocycles. The molecule has 98 valence electrons. The average Bonchev–Trinajstić information content (AvgIpc) is 2.33. The predicted molar refractivity (Wildman–Crippen MR) is 68.7 cm³/mol. The lowest BCUT2D eigenvalue weighted by Crippen LogP contribution is -2.36. The fraction of sp³-hybridized carbons (Fsp3) is 0.462. The number of phenolic OH excluding ortho intramolecular Hbond substituents is 1. The molecule has 18 heavy (non-hydrogen) atoms. The fourth-order valence-corrected chi connectivity index (χ4v) is 2.64. The van der Waals surface area contributed by atoms with Gasteiger partial charge in [0.05, 0.1) is 0 Å². The summed E-state index contributed by atoms with van der Waals surface area (Å²) in [5.74, 6) is 0.536. The number of hydrogen-bond acceptors (Lipinski definition) is 3. The number of rotatable bonds is 2. The molecule has 1 aromatic carbocycles. The molecule has 0 unspecified atom stereocenters. The standard InChI is InChI=1S/C13H18N2O3/c14-12-6-5-10(16)7-11(12)8-1-3-9(4-2-8)15-13(17)18/h5-9,15-16H,1-4,14H2,(H,17,18). The summed E-state index contributed by atoms with van der Waals surface area (Å²) in [6.07, 6.45) is 2.44. The number of phenols is 1. The first-order valence-corrected chi connectivity index (χ1v) is 6.14. The molecule has 1 aromatic rings. The summed E-state index contributed by atoms with van der Waals surface area (Å²) in [5.41, 5.74) is 7.59. The summed E-state index contributed by atoms with van der Waals surface area (Å²) in [4.78, 5) is 10.6. The lowest BCUT2D eigenvalue weighted by molar-refractivity contribution is 0.185. The second-order valence-electron chi connectivity index (χ2n) is 4.81. The minimum Gasteiger partial charge on any atom is -0.508 e. The van der Waals surface area contributed by atoms with Gasteiger partial charge in [0, 0.05) is 11.7 Å². The van der Waals surface area contributed by atoms with Crippen LogP contribution >= 0.6 is 0 Å². The molecule has 1 fully saturated rings. The van der Waals surface area contributed by atoms with Gasteiger partial charge in [-0.3, -0.25) is 0 Å². The van der Waals surface area contributed by atoms with Crippen LogP contribution < -0.4 is 11.1 Å². The summed E-state index contributed by atoms with van der Waals surface area (Å²) in [5, 5.41) is 20.7. The summed E-state index contributed by atoms with van der Waals surface area (Å²) in [7, 11) is 0. The van der Waals surface area contributed by atoms with Crippen LogP contribution in [-0.2, 0) is 0 Å². The van der Waals surface area contributed by atoms with E-state index in [-0.39, 0.29) is 11.8 Å². The van der Waals surface area contributed by atoms with Gasteiger partial charge in [0.2, 0.25) is 0 Å². The highest BCUT2D eigenvalue weighted by Crippen LogP contribution is 2.37. The maximum absolute atomic E-state index is 10.6. The number of aromatic hydroxyl groups is 1. The third-order valence-electron chi connectivity index (χ3n) is 3.56. The Morgan fingerprint density at radius 1 is 1.28 bits per heavy atom. The van der Waals surface area contributed by atoms with E-state index in [2.05, 4.69) is 5.32 Å².